The summed E-state index contributed by atoms with van der Waals surface area (Å²) < 4.78 is 34.1. The van der Waals surface area contributed by atoms with Crippen LogP contribution in [-0.4, -0.2) is 13.0 Å². The summed E-state index contributed by atoms with van der Waals surface area (Å²) in [4.78, 5) is 0.0642. The van der Waals surface area contributed by atoms with Crippen LogP contribution in [0.15, 0.2) is 35.2 Å². The number of fused-ring (bicyclic) bond motifs is 1. The minimum absolute atomic E-state index is 0.0642. The van der Waals surface area contributed by atoms with Crippen molar-refractivity contribution < 1.29 is 13.0 Å². The first-order valence-corrected chi connectivity index (χ1v) is 14.4. The average Bonchev–Trinajstić information content (AvgIpc) is 2.76. The summed E-state index contributed by atoms with van der Waals surface area (Å²) in [6, 6.07) is 9.89. The van der Waals surface area contributed by atoms with Crippen LogP contribution in [0.5, 0.6) is 0 Å². The molecular formula is C28H44O3S. The maximum absolute atomic E-state index is 12.1. The number of hydrogen-bond donors (Lipinski definition) is 1. The van der Waals surface area contributed by atoms with Crippen LogP contribution in [0.25, 0.3) is 10.8 Å². The third-order valence-electron chi connectivity index (χ3n) is 6.46. The minimum atomic E-state index is -4.25. The quantitative estimate of drug-likeness (QED) is 0.190. The molecule has 0 amide bonds. The topological polar surface area (TPSA) is 54.4 Å². The van der Waals surface area contributed by atoms with Gasteiger partial charge in [0.1, 0.15) is 4.90 Å². The van der Waals surface area contributed by atoms with E-state index in [0.29, 0.717) is 5.39 Å². The van der Waals surface area contributed by atoms with Crippen molar-refractivity contribution in [2.75, 3.05) is 0 Å². The van der Waals surface area contributed by atoms with Gasteiger partial charge in [-0.05, 0) is 54.3 Å². The lowest BCUT2D eigenvalue weighted by Gasteiger charge is -2.11. The van der Waals surface area contributed by atoms with Gasteiger partial charge in [-0.2, -0.15) is 8.42 Å². The van der Waals surface area contributed by atoms with E-state index in [1.807, 2.05) is 12.1 Å². The fraction of sp³-hybridized carbons (Fsp3) is 0.643. The minimum Gasteiger partial charge on any atom is -0.282 e. The molecule has 0 saturated carbocycles. The second-order valence-corrected chi connectivity index (χ2v) is 10.8. The maximum Gasteiger partial charge on any atom is 0.295 e. The number of aryl methyl sites for hydroxylation is 2. The Labute approximate surface area is 196 Å². The van der Waals surface area contributed by atoms with E-state index in [1.54, 1.807) is 6.07 Å². The molecule has 2 aromatic carbocycles. The molecule has 0 unspecified atom stereocenters. The van der Waals surface area contributed by atoms with Gasteiger partial charge in [0.25, 0.3) is 10.1 Å². The van der Waals surface area contributed by atoms with Crippen LogP contribution in [0.2, 0.25) is 0 Å². The highest BCUT2D eigenvalue weighted by Gasteiger charge is 2.16. The van der Waals surface area contributed by atoms with Crippen LogP contribution in [-0.2, 0) is 23.0 Å². The molecule has 2 aromatic rings. The number of hydrogen-bond acceptors (Lipinski definition) is 2. The lowest BCUT2D eigenvalue weighted by Crippen LogP contribution is -2.02. The summed E-state index contributed by atoms with van der Waals surface area (Å²) in [5, 5.41) is 1.55. The van der Waals surface area contributed by atoms with Crippen LogP contribution >= 0.6 is 0 Å². The van der Waals surface area contributed by atoms with Crippen LogP contribution in [0.1, 0.15) is 115 Å². The summed E-state index contributed by atoms with van der Waals surface area (Å²) >= 11 is 0. The van der Waals surface area contributed by atoms with E-state index in [0.717, 1.165) is 42.2 Å². The Kier molecular flexibility index (Phi) is 12.3. The number of unbranched alkanes of at least 4 members (excludes halogenated alkanes) is 12. The van der Waals surface area contributed by atoms with Crippen molar-refractivity contribution in [3.8, 4) is 0 Å². The second-order valence-electron chi connectivity index (χ2n) is 9.37. The highest BCUT2D eigenvalue weighted by Crippen LogP contribution is 2.28. The van der Waals surface area contributed by atoms with Crippen LogP contribution in [0.3, 0.4) is 0 Å². The van der Waals surface area contributed by atoms with Crippen LogP contribution < -0.4 is 0 Å². The summed E-state index contributed by atoms with van der Waals surface area (Å²) in [6.45, 7) is 4.46. The SMILES string of the molecule is CCCCCCCCCc1cc(S(=O)(=O)O)c2cc(CCCCCCCCC)ccc2c1. The fourth-order valence-corrected chi connectivity index (χ4v) is 5.27. The highest BCUT2D eigenvalue weighted by molar-refractivity contribution is 7.86. The molecule has 4 heteroatoms. The molecule has 1 N–H and O–H groups in total. The van der Waals surface area contributed by atoms with Gasteiger partial charge in [0.2, 0.25) is 0 Å². The van der Waals surface area contributed by atoms with Crippen molar-refractivity contribution in [1.82, 2.24) is 0 Å². The van der Waals surface area contributed by atoms with Gasteiger partial charge in [0.05, 0.1) is 0 Å². The molecule has 0 saturated heterocycles. The van der Waals surface area contributed by atoms with Gasteiger partial charge in [0, 0.05) is 5.39 Å². The van der Waals surface area contributed by atoms with Crippen molar-refractivity contribution in [1.29, 1.82) is 0 Å². The largest absolute Gasteiger partial charge is 0.295 e. The Balaban J connectivity index is 1.99. The molecule has 2 rings (SSSR count). The molecule has 0 fully saturated rings. The molecule has 0 heterocycles. The Morgan fingerprint density at radius 2 is 1.12 bits per heavy atom. The molecule has 3 nitrogen and oxygen atoms in total. The number of rotatable bonds is 17. The maximum atomic E-state index is 12.1. The molecule has 0 aromatic heterocycles. The summed E-state index contributed by atoms with van der Waals surface area (Å²) in [6.07, 6.45) is 19.2. The van der Waals surface area contributed by atoms with E-state index in [9.17, 15) is 13.0 Å². The van der Waals surface area contributed by atoms with Crippen molar-refractivity contribution in [3.63, 3.8) is 0 Å². The normalized spacial score (nSPS) is 12.0. The zero-order valence-corrected chi connectivity index (χ0v) is 21.2. The van der Waals surface area contributed by atoms with Gasteiger partial charge in [0.15, 0.2) is 0 Å². The van der Waals surface area contributed by atoms with Crippen molar-refractivity contribution in [2.45, 2.75) is 121 Å². The third kappa shape index (κ3) is 9.62. The third-order valence-corrected chi connectivity index (χ3v) is 7.35. The Morgan fingerprint density at radius 1 is 0.625 bits per heavy atom. The Morgan fingerprint density at radius 3 is 1.66 bits per heavy atom. The molecular weight excluding hydrogens is 416 g/mol. The predicted octanol–water partition coefficient (Wildman–Crippen LogP) is 8.67. The average molecular weight is 461 g/mol. The molecule has 0 radical (unpaired) electrons. The molecule has 0 aliphatic heterocycles. The van der Waals surface area contributed by atoms with Gasteiger partial charge >= 0.3 is 0 Å². The van der Waals surface area contributed by atoms with Crippen molar-refractivity contribution in [2.24, 2.45) is 0 Å². The van der Waals surface area contributed by atoms with E-state index in [4.69, 9.17) is 0 Å². The molecule has 0 aliphatic rings. The van der Waals surface area contributed by atoms with Gasteiger partial charge in [-0.1, -0.05) is 109 Å². The van der Waals surface area contributed by atoms with Gasteiger partial charge < -0.3 is 0 Å². The second kappa shape index (κ2) is 14.7. The lowest BCUT2D eigenvalue weighted by molar-refractivity contribution is 0.484. The zero-order chi connectivity index (χ0) is 23.2. The van der Waals surface area contributed by atoms with Crippen LogP contribution in [0, 0.1) is 0 Å². The van der Waals surface area contributed by atoms with Crippen molar-refractivity contribution in [3.05, 3.63) is 41.5 Å². The Hall–Kier alpha value is -1.39. The fourth-order valence-electron chi connectivity index (χ4n) is 4.52. The zero-order valence-electron chi connectivity index (χ0n) is 20.4. The van der Waals surface area contributed by atoms with E-state index in [-0.39, 0.29) is 4.90 Å². The Bertz CT molecular complexity index is 902. The van der Waals surface area contributed by atoms with Crippen molar-refractivity contribution >= 4 is 20.9 Å². The predicted molar refractivity (Wildman–Crippen MR) is 137 cm³/mol. The summed E-state index contributed by atoms with van der Waals surface area (Å²) in [5.74, 6) is 0. The van der Waals surface area contributed by atoms with Crippen LogP contribution in [0.4, 0.5) is 0 Å². The molecule has 0 bridgehead atoms. The molecule has 0 spiro atoms. The first kappa shape index (κ1) is 26.9. The molecule has 0 aliphatic carbocycles. The van der Waals surface area contributed by atoms with Gasteiger partial charge in [-0.3, -0.25) is 4.55 Å². The van der Waals surface area contributed by atoms with Gasteiger partial charge in [-0.25, -0.2) is 0 Å². The molecule has 32 heavy (non-hydrogen) atoms. The van der Waals surface area contributed by atoms with E-state index in [1.165, 1.54) is 77.0 Å². The molecule has 180 valence electrons. The first-order chi connectivity index (χ1) is 15.5. The summed E-state index contributed by atoms with van der Waals surface area (Å²) in [5.41, 5.74) is 2.15. The highest BCUT2D eigenvalue weighted by atomic mass is 32.2. The summed E-state index contributed by atoms with van der Waals surface area (Å²) in [7, 11) is -4.25. The van der Waals surface area contributed by atoms with E-state index < -0.39 is 10.1 Å². The molecule has 0 atom stereocenters. The van der Waals surface area contributed by atoms with E-state index >= 15 is 0 Å². The first-order valence-electron chi connectivity index (χ1n) is 13.0. The number of benzene rings is 2. The van der Waals surface area contributed by atoms with E-state index in [2.05, 4.69) is 26.0 Å². The standard InChI is InChI=1S/C28H44O3S/c1-3-5-7-9-11-13-15-17-24-19-20-26-21-25(18-16-14-12-10-8-6-4-2)23-28(27(26)22-24)32(29,30)31/h19-23H,3-18H2,1-2H3,(H,29,30,31). The monoisotopic (exact) mass is 460 g/mol. The van der Waals surface area contributed by atoms with Gasteiger partial charge in [-0.15, -0.1) is 0 Å². The smallest absolute Gasteiger partial charge is 0.282 e. The lowest BCUT2D eigenvalue weighted by atomic mass is 9.98.